The summed E-state index contributed by atoms with van der Waals surface area (Å²) in [6, 6.07) is 13.0. The molecule has 0 radical (unpaired) electrons. The summed E-state index contributed by atoms with van der Waals surface area (Å²) in [5.74, 6) is -2.90. The molecular weight excluding hydrogens is 518 g/mol. The first-order valence-electron chi connectivity index (χ1n) is 11.6. The van der Waals surface area contributed by atoms with E-state index in [-0.39, 0.29) is 58.2 Å². The number of carboxylic acids is 1. The number of carbonyl (C=O) groups excluding carboxylic acids is 1. The van der Waals surface area contributed by atoms with Gasteiger partial charge in [0.05, 0.1) is 23.3 Å². The second kappa shape index (κ2) is 11.0. The molecule has 0 atom stereocenters. The Morgan fingerprint density at radius 1 is 1.03 bits per heavy atom. The van der Waals surface area contributed by atoms with Crippen LogP contribution in [-0.2, 0) is 23.6 Å². The number of alkyl halides is 1. The number of benzene rings is 3. The summed E-state index contributed by atoms with van der Waals surface area (Å²) in [6.45, 7) is 2.70. The highest BCUT2D eigenvalue weighted by molar-refractivity contribution is 6.18. The van der Waals surface area contributed by atoms with Gasteiger partial charge >= 0.3 is 5.97 Å². The van der Waals surface area contributed by atoms with Crippen molar-refractivity contribution in [2.75, 3.05) is 5.32 Å². The number of rotatable bonds is 8. The van der Waals surface area contributed by atoms with Crippen molar-refractivity contribution in [3.63, 3.8) is 0 Å². The number of nitrogens with one attached hydrogen (secondary N) is 1. The monoisotopic (exact) mass is 540 g/mol. The molecule has 2 N–H and O–H groups in total. The number of amides is 1. The number of anilines is 1. The van der Waals surface area contributed by atoms with Crippen LogP contribution in [0.3, 0.4) is 0 Å². The van der Waals surface area contributed by atoms with Gasteiger partial charge in [-0.3, -0.25) is 9.59 Å². The van der Waals surface area contributed by atoms with Crippen molar-refractivity contribution in [3.05, 3.63) is 98.8 Å². The summed E-state index contributed by atoms with van der Waals surface area (Å²) in [6.07, 6.45) is 0.123. The number of hydrogen-bond donors (Lipinski definition) is 2. The molecule has 1 amide bonds. The van der Waals surface area contributed by atoms with E-state index in [4.69, 9.17) is 16.3 Å². The van der Waals surface area contributed by atoms with Gasteiger partial charge in [-0.1, -0.05) is 13.0 Å². The van der Waals surface area contributed by atoms with E-state index in [1.54, 1.807) is 37.3 Å². The fourth-order valence-corrected chi connectivity index (χ4v) is 4.67. The first kappa shape index (κ1) is 26.8. The summed E-state index contributed by atoms with van der Waals surface area (Å²) in [7, 11) is 0. The lowest BCUT2D eigenvalue weighted by molar-refractivity contribution is -0.114. The maximum atomic E-state index is 14.6. The quantitative estimate of drug-likeness (QED) is 0.264. The SMILES string of the molecule is CCc1c(C(=O)O)c(=O)c2c(CCl)c(Oc3ccc(NC(C)=O)cc3)ccc2n1Cc1c(F)cccc1F. The van der Waals surface area contributed by atoms with Crippen molar-refractivity contribution < 1.29 is 28.2 Å². The number of fused-ring (bicyclic) bond motifs is 1. The van der Waals surface area contributed by atoms with Gasteiger partial charge in [-0.15, -0.1) is 11.6 Å². The van der Waals surface area contributed by atoms with Crippen LogP contribution >= 0.6 is 11.6 Å². The Kier molecular flexibility index (Phi) is 7.78. The van der Waals surface area contributed by atoms with Crippen molar-refractivity contribution in [2.24, 2.45) is 0 Å². The molecule has 0 spiro atoms. The maximum absolute atomic E-state index is 14.6. The average Bonchev–Trinajstić information content (AvgIpc) is 2.87. The van der Waals surface area contributed by atoms with Crippen molar-refractivity contribution in [2.45, 2.75) is 32.7 Å². The van der Waals surface area contributed by atoms with Crippen molar-refractivity contribution in [1.82, 2.24) is 4.57 Å². The molecule has 7 nitrogen and oxygen atoms in total. The number of carboxylic acid groups (broad SMARTS) is 1. The topological polar surface area (TPSA) is 97.6 Å². The Hall–Kier alpha value is -4.24. The number of aromatic nitrogens is 1. The fourth-order valence-electron chi connectivity index (χ4n) is 4.41. The van der Waals surface area contributed by atoms with Gasteiger partial charge in [0.2, 0.25) is 11.3 Å². The lowest BCUT2D eigenvalue weighted by Crippen LogP contribution is -2.25. The number of hydrogen-bond acceptors (Lipinski definition) is 4. The summed E-state index contributed by atoms with van der Waals surface area (Å²) in [5, 5.41) is 12.6. The molecule has 4 rings (SSSR count). The van der Waals surface area contributed by atoms with Crippen LogP contribution in [-0.4, -0.2) is 21.6 Å². The fraction of sp³-hybridized carbons (Fsp3) is 0.179. The molecule has 196 valence electrons. The van der Waals surface area contributed by atoms with Crippen LogP contribution in [0.4, 0.5) is 14.5 Å². The van der Waals surface area contributed by atoms with E-state index in [0.717, 1.165) is 12.1 Å². The van der Waals surface area contributed by atoms with Crippen molar-refractivity contribution in [3.8, 4) is 11.5 Å². The predicted octanol–water partition coefficient (Wildman–Crippen LogP) is 6.08. The minimum Gasteiger partial charge on any atom is -0.477 e. The molecule has 10 heteroatoms. The summed E-state index contributed by atoms with van der Waals surface area (Å²) in [4.78, 5) is 37.0. The Balaban J connectivity index is 1.93. The van der Waals surface area contributed by atoms with Gasteiger partial charge in [0, 0.05) is 29.4 Å². The molecule has 0 aliphatic carbocycles. The first-order valence-corrected chi connectivity index (χ1v) is 12.2. The van der Waals surface area contributed by atoms with Gasteiger partial charge in [0.1, 0.15) is 28.7 Å². The smallest absolute Gasteiger partial charge is 0.341 e. The first-order chi connectivity index (χ1) is 18.2. The summed E-state index contributed by atoms with van der Waals surface area (Å²) in [5.41, 5.74) is -0.355. The molecule has 0 unspecified atom stereocenters. The Morgan fingerprint density at radius 2 is 1.68 bits per heavy atom. The minimum absolute atomic E-state index is 0.0151. The summed E-state index contributed by atoms with van der Waals surface area (Å²) >= 11 is 6.26. The molecule has 3 aromatic carbocycles. The molecule has 0 aliphatic heterocycles. The molecule has 4 aromatic rings. The second-order valence-electron chi connectivity index (χ2n) is 8.47. The van der Waals surface area contributed by atoms with Crippen LogP contribution in [0.5, 0.6) is 11.5 Å². The molecule has 0 bridgehead atoms. The highest BCUT2D eigenvalue weighted by Gasteiger charge is 2.25. The number of aromatic carboxylic acids is 1. The standard InChI is InChI=1S/C28H23ClF2N2O5/c1-3-22-26(28(36)37)27(35)25-18(13-29)24(38-17-9-7-16(8-10-17)32-15(2)34)12-11-23(25)33(22)14-19-20(30)5-4-6-21(19)31/h4-12H,3,13-14H2,1-2H3,(H,32,34)(H,36,37). The van der Waals surface area contributed by atoms with E-state index in [1.807, 2.05) is 0 Å². The zero-order valence-corrected chi connectivity index (χ0v) is 21.2. The van der Waals surface area contributed by atoms with Gasteiger partial charge in [-0.2, -0.15) is 0 Å². The van der Waals surface area contributed by atoms with Gasteiger partial charge in [0.15, 0.2) is 0 Å². The third-order valence-electron chi connectivity index (χ3n) is 6.07. The summed E-state index contributed by atoms with van der Waals surface area (Å²) < 4.78 is 36.5. The van der Waals surface area contributed by atoms with Crippen LogP contribution < -0.4 is 15.5 Å². The molecule has 0 saturated heterocycles. The van der Waals surface area contributed by atoms with Crippen LogP contribution in [0.15, 0.2) is 59.4 Å². The molecule has 0 fully saturated rings. The highest BCUT2D eigenvalue weighted by atomic mass is 35.5. The third kappa shape index (κ3) is 5.10. The van der Waals surface area contributed by atoms with Crippen LogP contribution in [0.2, 0.25) is 0 Å². The number of ether oxygens (including phenoxy) is 1. The maximum Gasteiger partial charge on any atom is 0.341 e. The lowest BCUT2D eigenvalue weighted by Gasteiger charge is -2.21. The molecular formula is C28H23ClF2N2O5. The van der Waals surface area contributed by atoms with Crippen LogP contribution in [0.1, 0.15) is 41.0 Å². The Labute approximate surface area is 221 Å². The largest absolute Gasteiger partial charge is 0.477 e. The van der Waals surface area contributed by atoms with Crippen LogP contribution in [0, 0.1) is 11.6 Å². The van der Waals surface area contributed by atoms with Crippen LogP contribution in [0.25, 0.3) is 10.9 Å². The predicted molar refractivity (Wildman–Crippen MR) is 140 cm³/mol. The van der Waals surface area contributed by atoms with E-state index in [2.05, 4.69) is 5.32 Å². The number of nitrogens with zero attached hydrogens (tertiary/aromatic N) is 1. The van der Waals surface area contributed by atoms with Gasteiger partial charge in [0.25, 0.3) is 0 Å². The van der Waals surface area contributed by atoms with E-state index < -0.39 is 28.6 Å². The lowest BCUT2D eigenvalue weighted by atomic mass is 10.0. The van der Waals surface area contributed by atoms with E-state index in [9.17, 15) is 28.3 Å². The molecule has 1 aromatic heterocycles. The molecule has 0 aliphatic rings. The Morgan fingerprint density at radius 3 is 2.24 bits per heavy atom. The van der Waals surface area contributed by atoms with Gasteiger partial charge < -0.3 is 19.7 Å². The zero-order valence-electron chi connectivity index (χ0n) is 20.5. The van der Waals surface area contributed by atoms with Gasteiger partial charge in [-0.05, 0) is 55.0 Å². The zero-order chi connectivity index (χ0) is 27.6. The van der Waals surface area contributed by atoms with E-state index in [1.165, 1.54) is 23.6 Å². The molecule has 38 heavy (non-hydrogen) atoms. The number of pyridine rings is 1. The normalized spacial score (nSPS) is 11.0. The van der Waals surface area contributed by atoms with Gasteiger partial charge in [-0.25, -0.2) is 13.6 Å². The Bertz CT molecular complexity index is 1600. The third-order valence-corrected chi connectivity index (χ3v) is 6.34. The molecule has 0 saturated carbocycles. The minimum atomic E-state index is -1.46. The van der Waals surface area contributed by atoms with E-state index in [0.29, 0.717) is 11.4 Å². The average molecular weight is 541 g/mol. The van der Waals surface area contributed by atoms with Crippen molar-refractivity contribution >= 4 is 40.1 Å². The van der Waals surface area contributed by atoms with Crippen molar-refractivity contribution in [1.29, 1.82) is 0 Å². The highest BCUT2D eigenvalue weighted by Crippen LogP contribution is 2.33. The number of halogens is 3. The van der Waals surface area contributed by atoms with E-state index >= 15 is 0 Å². The second-order valence-corrected chi connectivity index (χ2v) is 8.74. The number of carbonyl (C=O) groups is 2. The molecule has 1 heterocycles.